The maximum atomic E-state index is 8.97. The van der Waals surface area contributed by atoms with Crippen LogP contribution in [0.4, 0.5) is 0 Å². The minimum absolute atomic E-state index is 0.387. The number of rotatable bonds is 4. The van der Waals surface area contributed by atoms with E-state index in [1.165, 1.54) is 12.0 Å². The topological polar surface area (TPSA) is 71.7 Å². The van der Waals surface area contributed by atoms with Crippen LogP contribution in [0.3, 0.4) is 0 Å². The van der Waals surface area contributed by atoms with Crippen molar-refractivity contribution in [3.05, 3.63) is 71.4 Å². The fourth-order valence-electron chi connectivity index (χ4n) is 3.26. The highest BCUT2D eigenvalue weighted by molar-refractivity contribution is 5.69. The Labute approximate surface area is 152 Å². The summed E-state index contributed by atoms with van der Waals surface area (Å²) in [5, 5.41) is 8.97. The van der Waals surface area contributed by atoms with Gasteiger partial charge in [-0.25, -0.2) is 9.97 Å². The van der Waals surface area contributed by atoms with Gasteiger partial charge in [0.1, 0.15) is 18.4 Å². The number of ether oxygens (including phenoxy) is 1. The Morgan fingerprint density at radius 1 is 1.08 bits per heavy atom. The first kappa shape index (κ1) is 16.2. The molecule has 5 nitrogen and oxygen atoms in total. The van der Waals surface area contributed by atoms with Crippen LogP contribution in [-0.4, -0.2) is 15.0 Å². The van der Waals surface area contributed by atoms with Crippen LogP contribution in [0.5, 0.6) is 5.88 Å². The quantitative estimate of drug-likeness (QED) is 0.720. The van der Waals surface area contributed by atoms with Gasteiger partial charge in [0.25, 0.3) is 0 Å². The van der Waals surface area contributed by atoms with Crippen LogP contribution in [0.1, 0.15) is 35.5 Å². The molecule has 0 bridgehead atoms. The third-order valence-electron chi connectivity index (χ3n) is 4.56. The van der Waals surface area contributed by atoms with Crippen LogP contribution in [-0.2, 0) is 19.4 Å². The number of nitrogens with zero attached hydrogens (tertiary/aromatic N) is 4. The number of aromatic nitrogens is 3. The lowest BCUT2D eigenvalue weighted by Crippen LogP contribution is -2.09. The van der Waals surface area contributed by atoms with Crippen LogP contribution >= 0.6 is 0 Å². The molecule has 4 rings (SSSR count). The molecule has 0 fully saturated rings. The molecule has 3 aromatic rings. The van der Waals surface area contributed by atoms with E-state index in [-0.39, 0.29) is 0 Å². The molecule has 3 aromatic heterocycles. The molecular formula is C21H18N4O. The summed E-state index contributed by atoms with van der Waals surface area (Å²) in [5.41, 5.74) is 5.76. The molecule has 0 radical (unpaired) electrons. The van der Waals surface area contributed by atoms with E-state index in [2.05, 4.69) is 16.0 Å². The number of aryl methyl sites for hydroxylation is 1. The van der Waals surface area contributed by atoms with Crippen molar-refractivity contribution in [1.29, 1.82) is 5.26 Å². The Morgan fingerprint density at radius 3 is 2.77 bits per heavy atom. The second-order valence-electron chi connectivity index (χ2n) is 6.29. The summed E-state index contributed by atoms with van der Waals surface area (Å²) in [7, 11) is 0. The van der Waals surface area contributed by atoms with Crippen LogP contribution in [0, 0.1) is 11.3 Å². The third kappa shape index (κ3) is 3.40. The zero-order valence-corrected chi connectivity index (χ0v) is 14.4. The Balaban J connectivity index is 1.68. The molecule has 0 saturated heterocycles. The lowest BCUT2D eigenvalue weighted by atomic mass is 9.90. The average Bonchev–Trinajstić information content (AvgIpc) is 2.72. The summed E-state index contributed by atoms with van der Waals surface area (Å²) in [4.78, 5) is 13.2. The summed E-state index contributed by atoms with van der Waals surface area (Å²) in [6, 6.07) is 13.5. The number of pyridine rings is 3. The number of hydrogen-bond acceptors (Lipinski definition) is 5. The fourth-order valence-corrected chi connectivity index (χ4v) is 3.26. The fraction of sp³-hybridized carbons (Fsp3) is 0.238. The highest BCUT2D eigenvalue weighted by Gasteiger charge is 2.18. The molecule has 128 valence electrons. The monoisotopic (exact) mass is 342 g/mol. The van der Waals surface area contributed by atoms with Gasteiger partial charge < -0.3 is 4.74 Å². The number of nitriles is 1. The van der Waals surface area contributed by atoms with Gasteiger partial charge in [-0.15, -0.1) is 0 Å². The van der Waals surface area contributed by atoms with Gasteiger partial charge in [-0.1, -0.05) is 6.07 Å². The smallest absolute Gasteiger partial charge is 0.214 e. The second-order valence-corrected chi connectivity index (χ2v) is 6.29. The van der Waals surface area contributed by atoms with Gasteiger partial charge in [0.15, 0.2) is 0 Å². The molecule has 0 saturated carbocycles. The van der Waals surface area contributed by atoms with Crippen LogP contribution in [0.15, 0.2) is 48.8 Å². The summed E-state index contributed by atoms with van der Waals surface area (Å²) in [5.74, 6) is 0.607. The van der Waals surface area contributed by atoms with Crippen molar-refractivity contribution in [3.63, 3.8) is 0 Å². The highest BCUT2D eigenvalue weighted by atomic mass is 16.5. The van der Waals surface area contributed by atoms with Gasteiger partial charge in [-0.05, 0) is 61.1 Å². The molecule has 0 amide bonds. The minimum Gasteiger partial charge on any atom is -0.471 e. The van der Waals surface area contributed by atoms with Gasteiger partial charge in [-0.3, -0.25) is 4.98 Å². The SMILES string of the molecule is N#Cc1ccc(-c2cc(OCc3ccccn3)nc3c2CCCC3)cn1. The molecule has 1 aliphatic rings. The molecule has 0 unspecified atom stereocenters. The first-order valence-corrected chi connectivity index (χ1v) is 8.75. The number of fused-ring (bicyclic) bond motifs is 1. The van der Waals surface area contributed by atoms with Crippen molar-refractivity contribution in [1.82, 2.24) is 15.0 Å². The van der Waals surface area contributed by atoms with Crippen molar-refractivity contribution in [2.24, 2.45) is 0 Å². The molecule has 0 atom stereocenters. The van der Waals surface area contributed by atoms with E-state index in [9.17, 15) is 0 Å². The van der Waals surface area contributed by atoms with Gasteiger partial charge in [0.2, 0.25) is 5.88 Å². The molecule has 1 aliphatic carbocycles. The van der Waals surface area contributed by atoms with Crippen LogP contribution in [0.2, 0.25) is 0 Å². The average molecular weight is 342 g/mol. The van der Waals surface area contributed by atoms with E-state index in [1.807, 2.05) is 30.3 Å². The standard InChI is InChI=1S/C21H18N4O/c22-12-16-9-8-15(13-24-16)19-11-21(25-20-7-2-1-6-18(19)20)26-14-17-5-3-4-10-23-17/h3-5,8-11,13H,1-2,6-7,14H2. The molecule has 0 aliphatic heterocycles. The van der Waals surface area contributed by atoms with E-state index in [4.69, 9.17) is 15.0 Å². The van der Waals surface area contributed by atoms with Crippen molar-refractivity contribution in [2.75, 3.05) is 0 Å². The summed E-state index contributed by atoms with van der Waals surface area (Å²) in [6.07, 6.45) is 7.80. The molecule has 5 heteroatoms. The molecule has 0 N–H and O–H groups in total. The van der Waals surface area contributed by atoms with E-state index in [0.717, 1.165) is 41.8 Å². The van der Waals surface area contributed by atoms with Crippen molar-refractivity contribution in [2.45, 2.75) is 32.3 Å². The lowest BCUT2D eigenvalue weighted by Gasteiger charge is -2.20. The van der Waals surface area contributed by atoms with Crippen molar-refractivity contribution in [3.8, 4) is 23.1 Å². The minimum atomic E-state index is 0.387. The molecule has 0 spiro atoms. The van der Waals surface area contributed by atoms with Gasteiger partial charge in [-0.2, -0.15) is 5.26 Å². The Morgan fingerprint density at radius 2 is 2.00 bits per heavy atom. The van der Waals surface area contributed by atoms with E-state index in [0.29, 0.717) is 18.2 Å². The third-order valence-corrected chi connectivity index (χ3v) is 4.56. The van der Waals surface area contributed by atoms with Crippen molar-refractivity contribution < 1.29 is 4.74 Å². The normalized spacial score (nSPS) is 12.9. The Hall–Kier alpha value is -3.26. The first-order valence-electron chi connectivity index (χ1n) is 8.75. The second kappa shape index (κ2) is 7.32. The highest BCUT2D eigenvalue weighted by Crippen LogP contribution is 2.33. The maximum absolute atomic E-state index is 8.97. The lowest BCUT2D eigenvalue weighted by molar-refractivity contribution is 0.288. The summed E-state index contributed by atoms with van der Waals surface area (Å²) < 4.78 is 5.92. The predicted octanol–water partition coefficient (Wildman–Crippen LogP) is 3.87. The van der Waals surface area contributed by atoms with Gasteiger partial charge >= 0.3 is 0 Å². The van der Waals surface area contributed by atoms with Crippen LogP contribution in [0.25, 0.3) is 11.1 Å². The zero-order valence-electron chi connectivity index (χ0n) is 14.4. The Bertz CT molecular complexity index is 946. The van der Waals surface area contributed by atoms with E-state index < -0.39 is 0 Å². The van der Waals surface area contributed by atoms with Crippen molar-refractivity contribution >= 4 is 0 Å². The van der Waals surface area contributed by atoms with Gasteiger partial charge in [0.05, 0.1) is 5.69 Å². The maximum Gasteiger partial charge on any atom is 0.214 e. The molecule has 3 heterocycles. The molecule has 26 heavy (non-hydrogen) atoms. The number of hydrogen-bond donors (Lipinski definition) is 0. The molecular weight excluding hydrogens is 324 g/mol. The summed E-state index contributed by atoms with van der Waals surface area (Å²) >= 11 is 0. The first-order chi connectivity index (χ1) is 12.8. The zero-order chi connectivity index (χ0) is 17.8. The largest absolute Gasteiger partial charge is 0.471 e. The Kier molecular flexibility index (Phi) is 4.57. The summed E-state index contributed by atoms with van der Waals surface area (Å²) in [6.45, 7) is 0.387. The predicted molar refractivity (Wildman–Crippen MR) is 97.4 cm³/mol. The van der Waals surface area contributed by atoms with Crippen LogP contribution < -0.4 is 4.74 Å². The molecule has 0 aromatic carbocycles. The van der Waals surface area contributed by atoms with E-state index >= 15 is 0 Å². The van der Waals surface area contributed by atoms with Gasteiger partial charge in [0, 0.05) is 29.7 Å². The van der Waals surface area contributed by atoms with E-state index in [1.54, 1.807) is 18.5 Å².